The van der Waals surface area contributed by atoms with Crippen molar-refractivity contribution in [3.63, 3.8) is 0 Å². The van der Waals surface area contributed by atoms with Crippen LogP contribution < -0.4 is 5.32 Å². The van der Waals surface area contributed by atoms with E-state index in [1.165, 1.54) is 315 Å². The van der Waals surface area contributed by atoms with E-state index in [2.05, 4.69) is 55.6 Å². The fourth-order valence-electron chi connectivity index (χ4n) is 11.2. The first kappa shape index (κ1) is 78.8. The van der Waals surface area contributed by atoms with Gasteiger partial charge in [0.05, 0.1) is 25.4 Å². The second-order valence-electron chi connectivity index (χ2n) is 24.9. The summed E-state index contributed by atoms with van der Waals surface area (Å²) in [6, 6.07) is -0.628. The lowest BCUT2D eigenvalue weighted by atomic mass is 10.0. The van der Waals surface area contributed by atoms with Crippen molar-refractivity contribution in [1.82, 2.24) is 5.32 Å². The maximum Gasteiger partial charge on any atom is 0.305 e. The van der Waals surface area contributed by atoms with Crippen LogP contribution in [0.3, 0.4) is 0 Å². The van der Waals surface area contributed by atoms with E-state index in [1.807, 2.05) is 6.08 Å². The molecule has 0 aliphatic rings. The molecule has 0 heterocycles. The highest BCUT2D eigenvalue weighted by Crippen LogP contribution is 2.18. The lowest BCUT2D eigenvalue weighted by Crippen LogP contribution is -2.45. The van der Waals surface area contributed by atoms with Crippen LogP contribution in [0.2, 0.25) is 0 Å². The van der Waals surface area contributed by atoms with Gasteiger partial charge >= 0.3 is 5.97 Å². The van der Waals surface area contributed by atoms with Crippen LogP contribution >= 0.6 is 0 Å². The standard InChI is InChI=1S/C75H141NO5/c1-3-5-7-9-11-13-15-16-17-18-19-35-38-41-44-48-51-55-59-63-67-73(78)72(71-77)76-74(79)68-64-60-56-52-49-45-42-39-36-33-31-29-27-25-23-21-20-22-24-26-28-30-32-34-37-40-43-46-50-54-58-62-66-70-81-75(80)69-65-61-57-53-47-14-12-10-8-6-4-2/h10,12,24,26,30,32,63,67,72-73,77-78H,3-9,11,13-23,25,27-29,31,33-62,64-66,68-71H2,1-2H3,(H,76,79)/b12-10-,26-24-,32-30-,67-63+. The first-order valence-corrected chi connectivity index (χ1v) is 36.4. The molecule has 0 fully saturated rings. The molecule has 0 spiro atoms. The number of ether oxygens (including phenoxy) is 1. The van der Waals surface area contributed by atoms with Gasteiger partial charge in [-0.05, 0) is 83.5 Å². The molecule has 476 valence electrons. The van der Waals surface area contributed by atoms with Gasteiger partial charge in [0.15, 0.2) is 0 Å². The number of carbonyl (C=O) groups is 2. The number of esters is 1. The molecule has 0 saturated carbocycles. The van der Waals surface area contributed by atoms with Crippen LogP contribution in [0, 0.1) is 0 Å². The van der Waals surface area contributed by atoms with Gasteiger partial charge in [-0.3, -0.25) is 9.59 Å². The highest BCUT2D eigenvalue weighted by Gasteiger charge is 2.18. The Morgan fingerprint density at radius 1 is 0.346 bits per heavy atom. The van der Waals surface area contributed by atoms with Crippen LogP contribution in [-0.2, 0) is 14.3 Å². The quantitative estimate of drug-likeness (QED) is 0.0320. The molecule has 0 aromatic carbocycles. The third-order valence-corrected chi connectivity index (χ3v) is 16.8. The van der Waals surface area contributed by atoms with Crippen molar-refractivity contribution in [2.45, 2.75) is 405 Å². The molecule has 0 radical (unpaired) electrons. The van der Waals surface area contributed by atoms with Crippen molar-refractivity contribution >= 4 is 11.9 Å². The summed E-state index contributed by atoms with van der Waals surface area (Å²) in [5.74, 6) is -0.0599. The summed E-state index contributed by atoms with van der Waals surface area (Å²) in [6.07, 6.45) is 92.1. The number of hydrogen-bond donors (Lipinski definition) is 3. The van der Waals surface area contributed by atoms with Gasteiger partial charge in [-0.2, -0.15) is 0 Å². The van der Waals surface area contributed by atoms with E-state index < -0.39 is 12.1 Å². The number of rotatable bonds is 68. The second kappa shape index (κ2) is 70.3. The molecule has 2 unspecified atom stereocenters. The van der Waals surface area contributed by atoms with E-state index in [0.29, 0.717) is 19.4 Å². The van der Waals surface area contributed by atoms with Crippen LogP contribution in [0.25, 0.3) is 0 Å². The summed E-state index contributed by atoms with van der Waals surface area (Å²) in [7, 11) is 0. The number of carbonyl (C=O) groups excluding carboxylic acids is 2. The summed E-state index contributed by atoms with van der Waals surface area (Å²) in [5, 5.41) is 23.3. The summed E-state index contributed by atoms with van der Waals surface area (Å²) >= 11 is 0. The summed E-state index contributed by atoms with van der Waals surface area (Å²) in [6.45, 7) is 4.89. The molecule has 81 heavy (non-hydrogen) atoms. The van der Waals surface area contributed by atoms with Gasteiger partial charge in [0.2, 0.25) is 5.91 Å². The molecule has 6 nitrogen and oxygen atoms in total. The number of aliphatic hydroxyl groups is 2. The lowest BCUT2D eigenvalue weighted by Gasteiger charge is -2.20. The third kappa shape index (κ3) is 66.8. The predicted octanol–water partition coefficient (Wildman–Crippen LogP) is 23.6. The maximum absolute atomic E-state index is 12.5. The number of amides is 1. The minimum atomic E-state index is -0.845. The molecule has 6 heteroatoms. The molecule has 1 amide bonds. The van der Waals surface area contributed by atoms with Crippen LogP contribution in [0.15, 0.2) is 48.6 Å². The van der Waals surface area contributed by atoms with Gasteiger partial charge in [-0.25, -0.2) is 0 Å². The molecule has 0 saturated heterocycles. The van der Waals surface area contributed by atoms with Crippen LogP contribution in [-0.4, -0.2) is 47.4 Å². The summed E-state index contributed by atoms with van der Waals surface area (Å²) in [5.41, 5.74) is 0. The topological polar surface area (TPSA) is 95.9 Å². The lowest BCUT2D eigenvalue weighted by molar-refractivity contribution is -0.143. The molecule has 0 aromatic rings. The van der Waals surface area contributed by atoms with E-state index in [9.17, 15) is 19.8 Å². The molecular formula is C75H141NO5. The van der Waals surface area contributed by atoms with Crippen LogP contribution in [0.1, 0.15) is 393 Å². The molecule has 0 bridgehead atoms. The highest BCUT2D eigenvalue weighted by molar-refractivity contribution is 5.76. The zero-order valence-corrected chi connectivity index (χ0v) is 54.5. The van der Waals surface area contributed by atoms with E-state index in [1.54, 1.807) is 6.08 Å². The molecule has 3 N–H and O–H groups in total. The van der Waals surface area contributed by atoms with E-state index in [-0.39, 0.29) is 18.5 Å². The number of aliphatic hydroxyl groups excluding tert-OH is 2. The van der Waals surface area contributed by atoms with Crippen LogP contribution in [0.5, 0.6) is 0 Å². The SMILES string of the molecule is CCCC/C=C\CCCCCCCC(=O)OCCCCCCCCCCC/C=C\C/C=C\CCCCCCCCCCCCCCCCCCCC(=O)NC(CO)C(O)/C=C/CCCCCCCCCCCCCCCCCCCC. The first-order chi connectivity index (χ1) is 40.0. The predicted molar refractivity (Wildman–Crippen MR) is 356 cm³/mol. The maximum atomic E-state index is 12.5. The average molecular weight is 1140 g/mol. The van der Waals surface area contributed by atoms with E-state index in [0.717, 1.165) is 51.4 Å². The zero-order chi connectivity index (χ0) is 58.5. The summed E-state index contributed by atoms with van der Waals surface area (Å²) < 4.78 is 5.46. The monoisotopic (exact) mass is 1140 g/mol. The number of unbranched alkanes of at least 4 members (excludes halogenated alkanes) is 51. The third-order valence-electron chi connectivity index (χ3n) is 16.8. The van der Waals surface area contributed by atoms with Gasteiger partial charge in [0.25, 0.3) is 0 Å². The van der Waals surface area contributed by atoms with Crippen molar-refractivity contribution < 1.29 is 24.5 Å². The van der Waals surface area contributed by atoms with Gasteiger partial charge in [0, 0.05) is 12.8 Å². The Kier molecular flexibility index (Phi) is 68.4. The molecule has 0 aromatic heterocycles. The minimum absolute atomic E-state index is 0.00286. The molecule has 0 aliphatic carbocycles. The Balaban J connectivity index is 3.41. The molecule has 0 aliphatic heterocycles. The van der Waals surface area contributed by atoms with Gasteiger partial charge in [-0.15, -0.1) is 0 Å². The van der Waals surface area contributed by atoms with Crippen LogP contribution in [0.4, 0.5) is 0 Å². The smallest absolute Gasteiger partial charge is 0.305 e. The second-order valence-corrected chi connectivity index (χ2v) is 24.9. The van der Waals surface area contributed by atoms with Crippen molar-refractivity contribution in [3.8, 4) is 0 Å². The highest BCUT2D eigenvalue weighted by atomic mass is 16.5. The Morgan fingerprint density at radius 3 is 0.988 bits per heavy atom. The van der Waals surface area contributed by atoms with Gasteiger partial charge in [-0.1, -0.05) is 345 Å². The first-order valence-electron chi connectivity index (χ1n) is 36.4. The number of allylic oxidation sites excluding steroid dienone is 7. The zero-order valence-electron chi connectivity index (χ0n) is 54.5. The molecular weight excluding hydrogens is 995 g/mol. The minimum Gasteiger partial charge on any atom is -0.466 e. The Bertz CT molecular complexity index is 1360. The number of nitrogens with one attached hydrogen (secondary N) is 1. The Hall–Kier alpha value is -2.18. The van der Waals surface area contributed by atoms with Crippen molar-refractivity contribution in [2.75, 3.05) is 13.2 Å². The molecule has 0 rings (SSSR count). The normalized spacial score (nSPS) is 12.8. The fraction of sp³-hybridized carbons (Fsp3) is 0.867. The van der Waals surface area contributed by atoms with Gasteiger partial charge < -0.3 is 20.3 Å². The van der Waals surface area contributed by atoms with Crippen molar-refractivity contribution in [1.29, 1.82) is 0 Å². The Labute approximate surface area is 506 Å². The van der Waals surface area contributed by atoms with Crippen molar-refractivity contribution in [2.24, 2.45) is 0 Å². The average Bonchev–Trinajstić information content (AvgIpc) is 3.47. The van der Waals surface area contributed by atoms with E-state index >= 15 is 0 Å². The van der Waals surface area contributed by atoms with Gasteiger partial charge in [0.1, 0.15) is 0 Å². The van der Waals surface area contributed by atoms with Crippen molar-refractivity contribution in [3.05, 3.63) is 48.6 Å². The fourth-order valence-corrected chi connectivity index (χ4v) is 11.2. The van der Waals surface area contributed by atoms with E-state index in [4.69, 9.17) is 4.74 Å². The molecule has 2 atom stereocenters. The number of hydrogen-bond acceptors (Lipinski definition) is 5. The Morgan fingerprint density at radius 2 is 0.630 bits per heavy atom. The summed E-state index contributed by atoms with van der Waals surface area (Å²) in [4.78, 5) is 24.5. The largest absolute Gasteiger partial charge is 0.466 e.